The summed E-state index contributed by atoms with van der Waals surface area (Å²) < 4.78 is 7.88. The van der Waals surface area contributed by atoms with Crippen molar-refractivity contribution in [3.05, 3.63) is 48.9 Å². The lowest BCUT2D eigenvalue weighted by Crippen LogP contribution is -2.38. The summed E-state index contributed by atoms with van der Waals surface area (Å²) >= 11 is 0. The van der Waals surface area contributed by atoms with Gasteiger partial charge in [-0.15, -0.1) is 0 Å². The second-order valence-corrected chi connectivity index (χ2v) is 7.82. The van der Waals surface area contributed by atoms with E-state index in [9.17, 15) is 4.79 Å². The fourth-order valence-corrected chi connectivity index (χ4v) is 4.08. The molecule has 0 unspecified atom stereocenters. The summed E-state index contributed by atoms with van der Waals surface area (Å²) in [4.78, 5) is 22.8. The number of carbonyl (C=O) groups is 1. The van der Waals surface area contributed by atoms with Crippen molar-refractivity contribution in [3.63, 3.8) is 0 Å². The molecule has 5 rings (SSSR count). The van der Waals surface area contributed by atoms with Crippen molar-refractivity contribution in [2.45, 2.75) is 32.2 Å². The first-order valence-corrected chi connectivity index (χ1v) is 10.6. The lowest BCUT2D eigenvalue weighted by atomic mass is 10.0. The van der Waals surface area contributed by atoms with Crippen molar-refractivity contribution in [2.75, 3.05) is 18.8 Å². The third-order valence-electron chi connectivity index (χ3n) is 5.87. The van der Waals surface area contributed by atoms with Gasteiger partial charge < -0.3 is 15.1 Å². The number of anilines is 1. The highest BCUT2D eigenvalue weighted by Crippen LogP contribution is 2.32. The van der Waals surface area contributed by atoms with Gasteiger partial charge in [0.05, 0.1) is 17.8 Å². The number of amides is 1. The maximum Gasteiger partial charge on any atom is 0.231 e. The van der Waals surface area contributed by atoms with Crippen LogP contribution in [-0.2, 0) is 4.79 Å². The first-order chi connectivity index (χ1) is 15.1. The molecule has 158 valence electrons. The number of nitrogens with two attached hydrogens (primary N) is 1. The number of hydrogen-bond donors (Lipinski definition) is 1. The first kappa shape index (κ1) is 19.3. The van der Waals surface area contributed by atoms with Gasteiger partial charge in [0, 0.05) is 43.0 Å². The minimum Gasteiger partial charge on any atom is -0.436 e. The highest BCUT2D eigenvalue weighted by atomic mass is 16.3. The summed E-state index contributed by atoms with van der Waals surface area (Å²) in [6, 6.07) is 9.84. The van der Waals surface area contributed by atoms with Gasteiger partial charge in [-0.3, -0.25) is 9.48 Å². The van der Waals surface area contributed by atoms with Crippen molar-refractivity contribution >= 4 is 22.8 Å². The molecule has 1 fully saturated rings. The van der Waals surface area contributed by atoms with E-state index in [0.717, 1.165) is 42.6 Å². The molecule has 0 saturated carbocycles. The second-order valence-electron chi connectivity index (χ2n) is 7.82. The van der Waals surface area contributed by atoms with E-state index >= 15 is 0 Å². The van der Waals surface area contributed by atoms with E-state index in [2.05, 4.69) is 15.1 Å². The summed E-state index contributed by atoms with van der Waals surface area (Å²) in [5.74, 6) is 1.04. The largest absolute Gasteiger partial charge is 0.436 e. The quantitative estimate of drug-likeness (QED) is 0.541. The Kier molecular flexibility index (Phi) is 4.89. The topological polar surface area (TPSA) is 103 Å². The van der Waals surface area contributed by atoms with E-state index in [1.165, 1.54) is 0 Å². The number of nitrogens with zero attached hydrogens (tertiary/aromatic N) is 5. The van der Waals surface area contributed by atoms with Crippen LogP contribution in [0.2, 0.25) is 0 Å². The van der Waals surface area contributed by atoms with Gasteiger partial charge in [0.2, 0.25) is 11.8 Å². The average Bonchev–Trinajstić information content (AvgIpc) is 3.46. The SMILES string of the molecule is CCC(=O)N1CCC(n2cc(-c3cnc(N)c(-c4nc5ccccc5o4)c3)cn2)CC1. The number of benzene rings is 1. The number of carbonyl (C=O) groups excluding carboxylic acids is 1. The van der Waals surface area contributed by atoms with Crippen molar-refractivity contribution < 1.29 is 9.21 Å². The van der Waals surface area contributed by atoms with Crippen LogP contribution >= 0.6 is 0 Å². The molecule has 3 aromatic heterocycles. The smallest absolute Gasteiger partial charge is 0.231 e. The molecule has 8 heteroatoms. The van der Waals surface area contributed by atoms with Crippen LogP contribution in [0.25, 0.3) is 33.7 Å². The van der Waals surface area contributed by atoms with E-state index in [0.29, 0.717) is 29.3 Å². The standard InChI is InChI=1S/C23H24N6O2/c1-2-21(30)28-9-7-17(8-10-28)29-14-16(13-26-29)15-11-18(22(24)25-12-15)23-27-19-5-3-4-6-20(19)31-23/h3-6,11-14,17H,2,7-10H2,1H3,(H2,24,25). The number of nitrogen functional groups attached to an aromatic ring is 1. The van der Waals surface area contributed by atoms with Crippen molar-refractivity contribution in [2.24, 2.45) is 0 Å². The number of likely N-dealkylation sites (tertiary alicyclic amines) is 1. The molecule has 2 N–H and O–H groups in total. The minimum atomic E-state index is 0.222. The molecule has 0 aliphatic carbocycles. The zero-order valence-electron chi connectivity index (χ0n) is 17.4. The van der Waals surface area contributed by atoms with Crippen molar-refractivity contribution in [1.29, 1.82) is 0 Å². The van der Waals surface area contributed by atoms with Crippen molar-refractivity contribution in [1.82, 2.24) is 24.6 Å². The lowest BCUT2D eigenvalue weighted by molar-refractivity contribution is -0.132. The molecular formula is C23H24N6O2. The zero-order chi connectivity index (χ0) is 21.4. The van der Waals surface area contributed by atoms with Gasteiger partial charge in [-0.1, -0.05) is 19.1 Å². The Bertz CT molecular complexity index is 1200. The van der Waals surface area contributed by atoms with E-state index in [4.69, 9.17) is 10.2 Å². The molecular weight excluding hydrogens is 392 g/mol. The Balaban J connectivity index is 1.39. The Morgan fingerprint density at radius 2 is 2.00 bits per heavy atom. The maximum absolute atomic E-state index is 11.9. The molecule has 0 bridgehead atoms. The summed E-state index contributed by atoms with van der Waals surface area (Å²) in [7, 11) is 0. The van der Waals surface area contributed by atoms with E-state index in [1.807, 2.05) is 59.2 Å². The highest BCUT2D eigenvalue weighted by molar-refractivity contribution is 5.80. The number of aromatic nitrogens is 4. The van der Waals surface area contributed by atoms with E-state index in [-0.39, 0.29) is 11.9 Å². The van der Waals surface area contributed by atoms with Crippen LogP contribution in [0.3, 0.4) is 0 Å². The van der Waals surface area contributed by atoms with Crippen LogP contribution < -0.4 is 5.73 Å². The van der Waals surface area contributed by atoms with Crippen LogP contribution in [0, 0.1) is 0 Å². The Hall–Kier alpha value is -3.68. The fraction of sp³-hybridized carbons (Fsp3) is 0.304. The molecule has 0 atom stereocenters. The number of oxazole rings is 1. The number of piperidine rings is 1. The molecule has 1 saturated heterocycles. The number of hydrogen-bond acceptors (Lipinski definition) is 6. The molecule has 1 amide bonds. The van der Waals surface area contributed by atoms with Gasteiger partial charge in [-0.2, -0.15) is 5.10 Å². The number of fused-ring (bicyclic) bond motifs is 1. The van der Waals surface area contributed by atoms with Crippen LogP contribution in [0.15, 0.2) is 53.3 Å². The van der Waals surface area contributed by atoms with Crippen molar-refractivity contribution in [3.8, 4) is 22.6 Å². The highest BCUT2D eigenvalue weighted by Gasteiger charge is 2.23. The Morgan fingerprint density at radius 3 is 2.77 bits per heavy atom. The number of pyridine rings is 1. The zero-order valence-corrected chi connectivity index (χ0v) is 17.4. The first-order valence-electron chi connectivity index (χ1n) is 10.6. The van der Waals surface area contributed by atoms with E-state index in [1.54, 1.807) is 6.20 Å². The van der Waals surface area contributed by atoms with Gasteiger partial charge in [-0.25, -0.2) is 9.97 Å². The third-order valence-corrected chi connectivity index (χ3v) is 5.87. The predicted octanol–water partition coefficient (Wildman–Crippen LogP) is 3.91. The van der Waals surface area contributed by atoms with Crippen LogP contribution in [-0.4, -0.2) is 43.6 Å². The third kappa shape index (κ3) is 3.65. The minimum absolute atomic E-state index is 0.222. The number of para-hydroxylation sites is 2. The summed E-state index contributed by atoms with van der Waals surface area (Å²) in [6.07, 6.45) is 7.98. The van der Waals surface area contributed by atoms with Gasteiger partial charge in [0.15, 0.2) is 5.58 Å². The fourth-order valence-electron chi connectivity index (χ4n) is 4.08. The summed E-state index contributed by atoms with van der Waals surface area (Å²) in [6.45, 7) is 3.46. The van der Waals surface area contributed by atoms with Crippen LogP contribution in [0.4, 0.5) is 5.82 Å². The van der Waals surface area contributed by atoms with Crippen LogP contribution in [0.5, 0.6) is 0 Å². The molecule has 1 aromatic carbocycles. The molecule has 1 aliphatic rings. The predicted molar refractivity (Wildman–Crippen MR) is 118 cm³/mol. The van der Waals surface area contributed by atoms with Gasteiger partial charge in [0.25, 0.3) is 0 Å². The van der Waals surface area contributed by atoms with E-state index < -0.39 is 0 Å². The molecule has 0 spiro atoms. The normalized spacial score (nSPS) is 14.9. The van der Waals surface area contributed by atoms with Gasteiger partial charge in [-0.05, 0) is 31.0 Å². The lowest BCUT2D eigenvalue weighted by Gasteiger charge is -2.32. The molecule has 1 aliphatic heterocycles. The molecule has 31 heavy (non-hydrogen) atoms. The number of rotatable bonds is 4. The monoisotopic (exact) mass is 416 g/mol. The summed E-state index contributed by atoms with van der Waals surface area (Å²) in [5, 5.41) is 4.58. The average molecular weight is 416 g/mol. The Labute approximate surface area is 179 Å². The maximum atomic E-state index is 11.9. The second kappa shape index (κ2) is 7.86. The van der Waals surface area contributed by atoms with Gasteiger partial charge in [0.1, 0.15) is 11.3 Å². The molecule has 4 heterocycles. The molecule has 8 nitrogen and oxygen atoms in total. The van der Waals surface area contributed by atoms with Crippen LogP contribution in [0.1, 0.15) is 32.2 Å². The Morgan fingerprint density at radius 1 is 1.19 bits per heavy atom. The molecule has 0 radical (unpaired) electrons. The summed E-state index contributed by atoms with van der Waals surface area (Å²) in [5.41, 5.74) is 10.1. The molecule has 4 aromatic rings. The van der Waals surface area contributed by atoms with Gasteiger partial charge >= 0.3 is 0 Å².